The van der Waals surface area contributed by atoms with E-state index in [1.807, 2.05) is 19.1 Å². The van der Waals surface area contributed by atoms with Crippen molar-refractivity contribution in [3.63, 3.8) is 0 Å². The number of hydrogen-bond donors (Lipinski definition) is 2. The summed E-state index contributed by atoms with van der Waals surface area (Å²) in [4.78, 5) is 14.6. The summed E-state index contributed by atoms with van der Waals surface area (Å²) in [5, 5.41) is 12.6. The number of nitrogens with one attached hydrogen (secondary N) is 1. The third kappa shape index (κ3) is 4.79. The molecule has 128 valence electrons. The summed E-state index contributed by atoms with van der Waals surface area (Å²) in [6, 6.07) is 8.15. The highest BCUT2D eigenvalue weighted by atomic mass is 16.3. The molecule has 2 atom stereocenters. The molecular weight excluding hydrogens is 288 g/mol. The lowest BCUT2D eigenvalue weighted by Gasteiger charge is -2.41. The van der Waals surface area contributed by atoms with Crippen LogP contribution in [0.1, 0.15) is 37.8 Å². The quantitative estimate of drug-likeness (QED) is 0.845. The molecule has 0 spiro atoms. The normalized spacial score (nSPS) is 23.5. The molecule has 0 aromatic heterocycles. The van der Waals surface area contributed by atoms with Crippen molar-refractivity contribution in [2.75, 3.05) is 26.2 Å². The van der Waals surface area contributed by atoms with Crippen LogP contribution in [-0.2, 0) is 11.2 Å². The van der Waals surface area contributed by atoms with E-state index in [0.717, 1.165) is 32.4 Å². The molecule has 1 amide bonds. The molecule has 23 heavy (non-hydrogen) atoms. The van der Waals surface area contributed by atoms with Crippen LogP contribution in [0, 0.1) is 12.3 Å². The number of nitrogens with zero attached hydrogens (tertiary/aromatic N) is 1. The molecule has 1 aliphatic rings. The molecule has 0 radical (unpaired) electrons. The Bertz CT molecular complexity index is 532. The van der Waals surface area contributed by atoms with Gasteiger partial charge in [0, 0.05) is 25.1 Å². The summed E-state index contributed by atoms with van der Waals surface area (Å²) in [5.41, 5.74) is 2.48. The van der Waals surface area contributed by atoms with Crippen LogP contribution in [0.4, 0.5) is 0 Å². The molecular formula is C19H30N2O2. The Morgan fingerprint density at radius 3 is 2.87 bits per heavy atom. The van der Waals surface area contributed by atoms with E-state index in [-0.39, 0.29) is 24.0 Å². The van der Waals surface area contributed by atoms with Gasteiger partial charge in [0.25, 0.3) is 0 Å². The highest BCUT2D eigenvalue weighted by Gasteiger charge is 2.34. The van der Waals surface area contributed by atoms with E-state index in [1.165, 1.54) is 11.1 Å². The summed E-state index contributed by atoms with van der Waals surface area (Å²) in [6.07, 6.45) is 2.93. The Hall–Kier alpha value is -1.39. The fourth-order valence-electron chi connectivity index (χ4n) is 3.34. The second-order valence-corrected chi connectivity index (χ2v) is 7.19. The molecule has 1 saturated heterocycles. The van der Waals surface area contributed by atoms with Crippen LogP contribution in [0.5, 0.6) is 0 Å². The third-order valence-electron chi connectivity index (χ3n) is 5.07. The summed E-state index contributed by atoms with van der Waals surface area (Å²) < 4.78 is 0. The molecule has 1 fully saturated rings. The average molecular weight is 318 g/mol. The monoisotopic (exact) mass is 318 g/mol. The molecule has 2 unspecified atom stereocenters. The first kappa shape index (κ1) is 18.0. The summed E-state index contributed by atoms with van der Waals surface area (Å²) in [6.45, 7) is 8.74. The second kappa shape index (κ2) is 7.93. The zero-order valence-corrected chi connectivity index (χ0v) is 14.6. The highest BCUT2D eigenvalue weighted by molar-refractivity contribution is 5.81. The van der Waals surface area contributed by atoms with E-state index >= 15 is 0 Å². The number of piperidine rings is 1. The van der Waals surface area contributed by atoms with E-state index in [2.05, 4.69) is 36.2 Å². The third-order valence-corrected chi connectivity index (χ3v) is 5.07. The molecule has 0 bridgehead atoms. The van der Waals surface area contributed by atoms with E-state index < -0.39 is 0 Å². The molecule has 2 N–H and O–H groups in total. The standard InChI is InChI=1S/C19H30N2O2/c1-15-7-4-5-8-17(15)9-11-20-18(23)16(2)21-12-6-10-19(3,13-21)14-22/h4-5,7-8,16,22H,6,9-14H2,1-3H3,(H,20,23). The van der Waals surface area contributed by atoms with E-state index in [4.69, 9.17) is 0 Å². The molecule has 4 heteroatoms. The Morgan fingerprint density at radius 2 is 2.17 bits per heavy atom. The fraction of sp³-hybridized carbons (Fsp3) is 0.632. The van der Waals surface area contributed by atoms with E-state index in [0.29, 0.717) is 6.54 Å². The summed E-state index contributed by atoms with van der Waals surface area (Å²) >= 11 is 0. The first-order valence-corrected chi connectivity index (χ1v) is 8.62. The molecule has 1 aromatic carbocycles. The topological polar surface area (TPSA) is 52.6 Å². The SMILES string of the molecule is Cc1ccccc1CCNC(=O)C(C)N1CCCC(C)(CO)C1. The number of hydrogen-bond acceptors (Lipinski definition) is 3. The van der Waals surface area contributed by atoms with Crippen molar-refractivity contribution in [3.05, 3.63) is 35.4 Å². The van der Waals surface area contributed by atoms with Gasteiger partial charge in [-0.25, -0.2) is 0 Å². The number of carbonyl (C=O) groups excluding carboxylic acids is 1. The highest BCUT2D eigenvalue weighted by Crippen LogP contribution is 2.29. The van der Waals surface area contributed by atoms with Crippen LogP contribution in [-0.4, -0.2) is 48.2 Å². The van der Waals surface area contributed by atoms with Crippen molar-refractivity contribution in [1.29, 1.82) is 0 Å². The van der Waals surface area contributed by atoms with Crippen LogP contribution >= 0.6 is 0 Å². The van der Waals surface area contributed by atoms with Gasteiger partial charge in [-0.2, -0.15) is 0 Å². The number of carbonyl (C=O) groups is 1. The molecule has 1 aromatic rings. The number of aryl methyl sites for hydroxylation is 1. The zero-order valence-electron chi connectivity index (χ0n) is 14.6. The molecule has 4 nitrogen and oxygen atoms in total. The number of likely N-dealkylation sites (tertiary alicyclic amines) is 1. The number of aliphatic hydroxyl groups excluding tert-OH is 1. The minimum atomic E-state index is -0.141. The van der Waals surface area contributed by atoms with Gasteiger partial charge in [0.1, 0.15) is 0 Å². The first-order chi connectivity index (χ1) is 10.9. The van der Waals surface area contributed by atoms with Crippen LogP contribution in [0.15, 0.2) is 24.3 Å². The van der Waals surface area contributed by atoms with Gasteiger partial charge in [-0.15, -0.1) is 0 Å². The molecule has 1 heterocycles. The maximum absolute atomic E-state index is 12.4. The lowest BCUT2D eigenvalue weighted by Crippen LogP contribution is -2.52. The van der Waals surface area contributed by atoms with E-state index in [9.17, 15) is 9.90 Å². The molecule has 2 rings (SSSR count). The van der Waals surface area contributed by atoms with Crippen molar-refractivity contribution in [1.82, 2.24) is 10.2 Å². The average Bonchev–Trinajstić information content (AvgIpc) is 2.56. The van der Waals surface area contributed by atoms with Crippen molar-refractivity contribution < 1.29 is 9.90 Å². The predicted molar refractivity (Wildman–Crippen MR) is 93.4 cm³/mol. The van der Waals surface area contributed by atoms with Crippen LogP contribution in [0.25, 0.3) is 0 Å². The van der Waals surface area contributed by atoms with Crippen LogP contribution in [0.2, 0.25) is 0 Å². The Labute approximate surface area is 139 Å². The van der Waals surface area contributed by atoms with Gasteiger partial charge >= 0.3 is 0 Å². The van der Waals surface area contributed by atoms with Gasteiger partial charge in [0.2, 0.25) is 5.91 Å². The largest absolute Gasteiger partial charge is 0.396 e. The first-order valence-electron chi connectivity index (χ1n) is 8.62. The minimum Gasteiger partial charge on any atom is -0.396 e. The minimum absolute atomic E-state index is 0.0755. The van der Waals surface area contributed by atoms with Crippen LogP contribution in [0.3, 0.4) is 0 Å². The smallest absolute Gasteiger partial charge is 0.237 e. The Balaban J connectivity index is 1.82. The van der Waals surface area contributed by atoms with Gasteiger partial charge in [-0.05, 0) is 50.8 Å². The summed E-state index contributed by atoms with van der Waals surface area (Å²) in [5.74, 6) is 0.0840. The number of benzene rings is 1. The number of aliphatic hydroxyl groups is 1. The molecule has 0 saturated carbocycles. The Kier molecular flexibility index (Phi) is 6.19. The zero-order chi connectivity index (χ0) is 16.9. The van der Waals surface area contributed by atoms with Gasteiger partial charge in [-0.3, -0.25) is 9.69 Å². The number of amides is 1. The van der Waals surface area contributed by atoms with Crippen LogP contribution < -0.4 is 5.32 Å². The van der Waals surface area contributed by atoms with Gasteiger partial charge in [-0.1, -0.05) is 31.2 Å². The van der Waals surface area contributed by atoms with Gasteiger partial charge in [0.15, 0.2) is 0 Å². The van der Waals surface area contributed by atoms with Gasteiger partial charge in [0.05, 0.1) is 6.04 Å². The van der Waals surface area contributed by atoms with Crippen molar-refractivity contribution in [2.24, 2.45) is 5.41 Å². The molecule has 1 aliphatic heterocycles. The number of rotatable bonds is 6. The lowest BCUT2D eigenvalue weighted by molar-refractivity contribution is -0.127. The Morgan fingerprint density at radius 1 is 1.43 bits per heavy atom. The second-order valence-electron chi connectivity index (χ2n) is 7.19. The maximum atomic E-state index is 12.4. The van der Waals surface area contributed by atoms with Crippen molar-refractivity contribution in [3.8, 4) is 0 Å². The van der Waals surface area contributed by atoms with Crippen molar-refractivity contribution in [2.45, 2.75) is 46.1 Å². The summed E-state index contributed by atoms with van der Waals surface area (Å²) in [7, 11) is 0. The fourth-order valence-corrected chi connectivity index (χ4v) is 3.34. The predicted octanol–water partition coefficient (Wildman–Crippen LogP) is 2.14. The van der Waals surface area contributed by atoms with E-state index in [1.54, 1.807) is 0 Å². The van der Waals surface area contributed by atoms with Gasteiger partial charge < -0.3 is 10.4 Å². The maximum Gasteiger partial charge on any atom is 0.237 e. The lowest BCUT2D eigenvalue weighted by atomic mass is 9.82. The molecule has 0 aliphatic carbocycles. The van der Waals surface area contributed by atoms with Crippen molar-refractivity contribution >= 4 is 5.91 Å².